The molecule has 1 atom stereocenters. The van der Waals surface area contributed by atoms with Crippen molar-refractivity contribution in [3.63, 3.8) is 0 Å². The van der Waals surface area contributed by atoms with Gasteiger partial charge in [-0.25, -0.2) is 4.39 Å². The molecular weight excluding hydrogens is 245 g/mol. The first-order chi connectivity index (χ1) is 6.66. The molecule has 2 rings (SSSR count). The van der Waals surface area contributed by atoms with E-state index in [0.29, 0.717) is 5.56 Å². The Morgan fingerprint density at radius 1 is 1.50 bits per heavy atom. The van der Waals surface area contributed by atoms with Crippen molar-refractivity contribution in [2.45, 2.75) is 25.3 Å². The number of hydrogen-bond acceptors (Lipinski definition) is 1. The summed E-state index contributed by atoms with van der Waals surface area (Å²) in [5.41, 5.74) is 6.58. The van der Waals surface area contributed by atoms with Crippen LogP contribution in [-0.2, 0) is 0 Å². The fraction of sp³-hybridized carbons (Fsp3) is 0.455. The van der Waals surface area contributed by atoms with Gasteiger partial charge in [0.1, 0.15) is 5.82 Å². The Morgan fingerprint density at radius 3 is 2.86 bits per heavy atom. The predicted molar refractivity (Wildman–Crippen MR) is 58.4 cm³/mol. The van der Waals surface area contributed by atoms with Gasteiger partial charge in [-0.1, -0.05) is 28.8 Å². The SMILES string of the molecule is NC(CC1CC1)c1cc(Br)ccc1F. The van der Waals surface area contributed by atoms with Gasteiger partial charge >= 0.3 is 0 Å². The Morgan fingerprint density at radius 2 is 2.21 bits per heavy atom. The molecule has 0 amide bonds. The van der Waals surface area contributed by atoms with E-state index in [-0.39, 0.29) is 11.9 Å². The molecule has 1 aromatic carbocycles. The Labute approximate surface area is 91.6 Å². The van der Waals surface area contributed by atoms with Gasteiger partial charge in [0.15, 0.2) is 0 Å². The third-order valence-corrected chi connectivity index (χ3v) is 3.13. The fourth-order valence-corrected chi connectivity index (χ4v) is 2.02. The Balaban J connectivity index is 2.15. The van der Waals surface area contributed by atoms with Crippen molar-refractivity contribution in [2.24, 2.45) is 11.7 Å². The van der Waals surface area contributed by atoms with Gasteiger partial charge in [0, 0.05) is 16.1 Å². The minimum atomic E-state index is -0.193. The summed E-state index contributed by atoms with van der Waals surface area (Å²) in [5.74, 6) is 0.532. The minimum Gasteiger partial charge on any atom is -0.324 e. The maximum atomic E-state index is 13.4. The van der Waals surface area contributed by atoms with Gasteiger partial charge in [-0.05, 0) is 30.5 Å². The summed E-state index contributed by atoms with van der Waals surface area (Å²) in [6, 6.07) is 4.79. The molecule has 1 aliphatic carbocycles. The maximum absolute atomic E-state index is 13.4. The fourth-order valence-electron chi connectivity index (χ4n) is 1.64. The highest BCUT2D eigenvalue weighted by atomic mass is 79.9. The van der Waals surface area contributed by atoms with E-state index in [9.17, 15) is 4.39 Å². The highest BCUT2D eigenvalue weighted by molar-refractivity contribution is 9.10. The molecule has 0 bridgehead atoms. The lowest BCUT2D eigenvalue weighted by molar-refractivity contribution is 0.542. The van der Waals surface area contributed by atoms with Crippen LogP contribution in [-0.4, -0.2) is 0 Å². The lowest BCUT2D eigenvalue weighted by atomic mass is 10.0. The number of halogens is 2. The molecule has 2 N–H and O–H groups in total. The molecular formula is C11H13BrFN. The van der Waals surface area contributed by atoms with Crippen LogP contribution in [0, 0.1) is 11.7 Å². The molecule has 1 aliphatic rings. The summed E-state index contributed by atoms with van der Waals surface area (Å²) in [6.07, 6.45) is 3.42. The second-order valence-electron chi connectivity index (χ2n) is 3.95. The zero-order valence-corrected chi connectivity index (χ0v) is 9.43. The average Bonchev–Trinajstić information content (AvgIpc) is 2.93. The molecule has 1 saturated carbocycles. The molecule has 0 saturated heterocycles. The number of benzene rings is 1. The minimum absolute atomic E-state index is 0.153. The second-order valence-corrected chi connectivity index (χ2v) is 4.87. The van der Waals surface area contributed by atoms with Crippen LogP contribution in [0.25, 0.3) is 0 Å². The molecule has 0 radical (unpaired) electrons. The van der Waals surface area contributed by atoms with E-state index >= 15 is 0 Å². The smallest absolute Gasteiger partial charge is 0.128 e. The number of rotatable bonds is 3. The molecule has 0 heterocycles. The van der Waals surface area contributed by atoms with Crippen molar-refractivity contribution in [1.29, 1.82) is 0 Å². The molecule has 1 nitrogen and oxygen atoms in total. The predicted octanol–water partition coefficient (Wildman–Crippen LogP) is 3.39. The van der Waals surface area contributed by atoms with E-state index < -0.39 is 0 Å². The van der Waals surface area contributed by atoms with E-state index in [2.05, 4.69) is 15.9 Å². The summed E-state index contributed by atoms with van der Waals surface area (Å²) < 4.78 is 14.3. The Kier molecular flexibility index (Phi) is 2.88. The van der Waals surface area contributed by atoms with Crippen LogP contribution in [0.2, 0.25) is 0 Å². The van der Waals surface area contributed by atoms with Crippen LogP contribution in [0.3, 0.4) is 0 Å². The lowest BCUT2D eigenvalue weighted by Crippen LogP contribution is -2.12. The maximum Gasteiger partial charge on any atom is 0.128 e. The Hall–Kier alpha value is -0.410. The molecule has 0 aromatic heterocycles. The van der Waals surface area contributed by atoms with Gasteiger partial charge in [-0.15, -0.1) is 0 Å². The van der Waals surface area contributed by atoms with Crippen LogP contribution in [0.4, 0.5) is 4.39 Å². The monoisotopic (exact) mass is 257 g/mol. The van der Waals surface area contributed by atoms with Crippen LogP contribution in [0.1, 0.15) is 30.9 Å². The number of nitrogens with two attached hydrogens (primary N) is 1. The largest absolute Gasteiger partial charge is 0.324 e. The standard InChI is InChI=1S/C11H13BrFN/c12-8-3-4-10(13)9(6-8)11(14)5-7-1-2-7/h3-4,6-7,11H,1-2,5,14H2. The van der Waals surface area contributed by atoms with Crippen LogP contribution in [0.5, 0.6) is 0 Å². The third-order valence-electron chi connectivity index (χ3n) is 2.64. The first-order valence-electron chi connectivity index (χ1n) is 4.87. The van der Waals surface area contributed by atoms with E-state index in [1.54, 1.807) is 12.1 Å². The van der Waals surface area contributed by atoms with Crippen LogP contribution >= 0.6 is 15.9 Å². The molecule has 76 valence electrons. The first kappa shape index (κ1) is 10.1. The van der Waals surface area contributed by atoms with E-state index in [0.717, 1.165) is 16.8 Å². The third kappa shape index (κ3) is 2.34. The zero-order chi connectivity index (χ0) is 10.1. The van der Waals surface area contributed by atoms with E-state index in [1.165, 1.54) is 18.9 Å². The van der Waals surface area contributed by atoms with Gasteiger partial charge in [-0.3, -0.25) is 0 Å². The summed E-state index contributed by atoms with van der Waals surface area (Å²) in [6.45, 7) is 0. The first-order valence-corrected chi connectivity index (χ1v) is 5.66. The molecule has 0 spiro atoms. The molecule has 1 fully saturated rings. The van der Waals surface area contributed by atoms with Crippen molar-refractivity contribution in [2.75, 3.05) is 0 Å². The van der Waals surface area contributed by atoms with Crippen molar-refractivity contribution in [1.82, 2.24) is 0 Å². The molecule has 1 aromatic rings. The van der Waals surface area contributed by atoms with Crippen LogP contribution in [0.15, 0.2) is 22.7 Å². The molecule has 3 heteroatoms. The highest BCUT2D eigenvalue weighted by Gasteiger charge is 2.25. The summed E-state index contributed by atoms with van der Waals surface area (Å²) in [7, 11) is 0. The molecule has 14 heavy (non-hydrogen) atoms. The number of hydrogen-bond donors (Lipinski definition) is 1. The van der Waals surface area contributed by atoms with Crippen LogP contribution < -0.4 is 5.73 Å². The molecule has 0 aliphatic heterocycles. The van der Waals surface area contributed by atoms with Gasteiger partial charge < -0.3 is 5.73 Å². The lowest BCUT2D eigenvalue weighted by Gasteiger charge is -2.12. The van der Waals surface area contributed by atoms with E-state index in [1.807, 2.05) is 0 Å². The van der Waals surface area contributed by atoms with Gasteiger partial charge in [0.2, 0.25) is 0 Å². The summed E-state index contributed by atoms with van der Waals surface area (Å²) in [5, 5.41) is 0. The average molecular weight is 258 g/mol. The zero-order valence-electron chi connectivity index (χ0n) is 7.84. The van der Waals surface area contributed by atoms with Crippen molar-refractivity contribution in [3.8, 4) is 0 Å². The van der Waals surface area contributed by atoms with Crippen molar-refractivity contribution < 1.29 is 4.39 Å². The van der Waals surface area contributed by atoms with Crippen molar-refractivity contribution >= 4 is 15.9 Å². The Bertz CT molecular complexity index is 336. The topological polar surface area (TPSA) is 26.0 Å². The van der Waals surface area contributed by atoms with Gasteiger partial charge in [0.25, 0.3) is 0 Å². The summed E-state index contributed by atoms with van der Waals surface area (Å²) >= 11 is 3.32. The van der Waals surface area contributed by atoms with Crippen molar-refractivity contribution in [3.05, 3.63) is 34.1 Å². The normalized spacial score (nSPS) is 18.2. The second kappa shape index (κ2) is 3.99. The quantitative estimate of drug-likeness (QED) is 0.883. The van der Waals surface area contributed by atoms with E-state index in [4.69, 9.17) is 5.73 Å². The molecule has 1 unspecified atom stereocenters. The highest BCUT2D eigenvalue weighted by Crippen LogP contribution is 2.37. The van der Waals surface area contributed by atoms with Gasteiger partial charge in [-0.2, -0.15) is 0 Å². The van der Waals surface area contributed by atoms with Gasteiger partial charge in [0.05, 0.1) is 0 Å². The summed E-state index contributed by atoms with van der Waals surface area (Å²) in [4.78, 5) is 0.